The van der Waals surface area contributed by atoms with Crippen LogP contribution in [0.2, 0.25) is 0 Å². The minimum Gasteiger partial charge on any atom is -0.343 e. The van der Waals surface area contributed by atoms with Crippen LogP contribution in [0.1, 0.15) is 16.2 Å². The summed E-state index contributed by atoms with van der Waals surface area (Å²) in [6, 6.07) is 12.7. The molecule has 0 aliphatic heterocycles. The molecule has 0 aliphatic rings. The van der Waals surface area contributed by atoms with Crippen LogP contribution in [0.3, 0.4) is 0 Å². The van der Waals surface area contributed by atoms with E-state index in [2.05, 4.69) is 30.5 Å². The maximum atomic E-state index is 12.3. The van der Waals surface area contributed by atoms with Crippen molar-refractivity contribution in [1.82, 2.24) is 35.2 Å². The van der Waals surface area contributed by atoms with Crippen LogP contribution in [-0.2, 0) is 6.54 Å². The number of hydrogen-bond acceptors (Lipinski definition) is 7. The van der Waals surface area contributed by atoms with E-state index in [0.29, 0.717) is 23.1 Å². The van der Waals surface area contributed by atoms with Gasteiger partial charge in [-0.25, -0.2) is 14.6 Å². The molecule has 0 atom stereocenters. The zero-order chi connectivity index (χ0) is 17.8. The molecule has 1 N–H and O–H groups in total. The fraction of sp³-hybridized carbons (Fsp3) is 0.0588. The highest BCUT2D eigenvalue weighted by molar-refractivity contribution is 5.94. The third-order valence-electron chi connectivity index (χ3n) is 3.56. The lowest BCUT2D eigenvalue weighted by atomic mass is 10.2. The molecule has 0 saturated carbocycles. The van der Waals surface area contributed by atoms with Crippen LogP contribution in [0, 0.1) is 0 Å². The number of carbonyl (C=O) groups excluding carboxylic acids is 1. The number of carbonyl (C=O) groups is 1. The van der Waals surface area contributed by atoms with Crippen molar-refractivity contribution in [2.45, 2.75) is 6.54 Å². The van der Waals surface area contributed by atoms with Gasteiger partial charge in [-0.1, -0.05) is 35.5 Å². The standard InChI is InChI=1S/C17H13N7O2/c25-17(13-6-7-19-14(8-13)24-11-18-10-21-24)20-9-15-22-16(23-26-15)12-4-2-1-3-5-12/h1-8,10-11H,9H2,(H,20,25). The third kappa shape index (κ3) is 3.31. The zero-order valence-corrected chi connectivity index (χ0v) is 13.5. The molecule has 0 radical (unpaired) electrons. The molecule has 0 bridgehead atoms. The first-order chi connectivity index (χ1) is 12.8. The highest BCUT2D eigenvalue weighted by Crippen LogP contribution is 2.14. The zero-order valence-electron chi connectivity index (χ0n) is 13.5. The van der Waals surface area contributed by atoms with Crippen LogP contribution in [0.25, 0.3) is 17.2 Å². The molecule has 3 aromatic heterocycles. The lowest BCUT2D eigenvalue weighted by Gasteiger charge is -2.04. The summed E-state index contributed by atoms with van der Waals surface area (Å²) in [6.45, 7) is 0.125. The van der Waals surface area contributed by atoms with Crippen molar-refractivity contribution < 1.29 is 9.32 Å². The van der Waals surface area contributed by atoms with Gasteiger partial charge in [0.2, 0.25) is 11.7 Å². The number of pyridine rings is 1. The molecule has 4 aromatic rings. The van der Waals surface area contributed by atoms with Gasteiger partial charge in [0.25, 0.3) is 5.91 Å². The predicted molar refractivity (Wildman–Crippen MR) is 90.1 cm³/mol. The van der Waals surface area contributed by atoms with Crippen LogP contribution in [-0.4, -0.2) is 35.8 Å². The van der Waals surface area contributed by atoms with Crippen molar-refractivity contribution in [3.05, 3.63) is 72.8 Å². The van der Waals surface area contributed by atoms with Crippen molar-refractivity contribution in [1.29, 1.82) is 0 Å². The van der Waals surface area contributed by atoms with Crippen molar-refractivity contribution in [3.63, 3.8) is 0 Å². The van der Waals surface area contributed by atoms with Crippen molar-refractivity contribution >= 4 is 5.91 Å². The Hall–Kier alpha value is -3.88. The number of nitrogens with one attached hydrogen (secondary N) is 1. The molecule has 1 aromatic carbocycles. The quantitative estimate of drug-likeness (QED) is 0.584. The largest absolute Gasteiger partial charge is 0.343 e. The molecule has 26 heavy (non-hydrogen) atoms. The first kappa shape index (κ1) is 15.6. The monoisotopic (exact) mass is 347 g/mol. The Balaban J connectivity index is 1.43. The first-order valence-corrected chi connectivity index (χ1v) is 7.77. The van der Waals surface area contributed by atoms with E-state index >= 15 is 0 Å². The lowest BCUT2D eigenvalue weighted by molar-refractivity contribution is 0.0946. The van der Waals surface area contributed by atoms with Crippen LogP contribution < -0.4 is 5.32 Å². The topological polar surface area (TPSA) is 112 Å². The Bertz CT molecular complexity index is 1010. The summed E-state index contributed by atoms with van der Waals surface area (Å²) in [5.74, 6) is 1.02. The van der Waals surface area contributed by atoms with E-state index in [4.69, 9.17) is 4.52 Å². The Morgan fingerprint density at radius 3 is 2.88 bits per heavy atom. The van der Waals surface area contributed by atoms with Gasteiger partial charge in [0.05, 0.1) is 6.54 Å². The SMILES string of the molecule is O=C(NCc1nc(-c2ccccc2)no1)c1ccnc(-n2cncn2)c1. The predicted octanol–water partition coefficient (Wildman–Crippen LogP) is 1.64. The fourth-order valence-electron chi connectivity index (χ4n) is 2.30. The van der Waals surface area contributed by atoms with E-state index in [1.807, 2.05) is 30.3 Å². The number of amides is 1. The highest BCUT2D eigenvalue weighted by Gasteiger charge is 2.12. The van der Waals surface area contributed by atoms with Gasteiger partial charge >= 0.3 is 0 Å². The van der Waals surface area contributed by atoms with Gasteiger partial charge in [-0.3, -0.25) is 4.79 Å². The average Bonchev–Trinajstić information content (AvgIpc) is 3.39. The Labute approximate surface area is 147 Å². The average molecular weight is 347 g/mol. The summed E-state index contributed by atoms with van der Waals surface area (Å²) in [4.78, 5) is 24.6. The Morgan fingerprint density at radius 2 is 2.08 bits per heavy atom. The summed E-state index contributed by atoms with van der Waals surface area (Å²) >= 11 is 0. The Kier molecular flexibility index (Phi) is 4.17. The second-order valence-electron chi connectivity index (χ2n) is 5.30. The van der Waals surface area contributed by atoms with Gasteiger partial charge in [0.1, 0.15) is 12.7 Å². The van der Waals surface area contributed by atoms with Crippen molar-refractivity contribution in [2.75, 3.05) is 0 Å². The van der Waals surface area contributed by atoms with Gasteiger partial charge in [-0.2, -0.15) is 10.1 Å². The molecule has 1 amide bonds. The van der Waals surface area contributed by atoms with E-state index < -0.39 is 0 Å². The Morgan fingerprint density at radius 1 is 1.19 bits per heavy atom. The van der Waals surface area contributed by atoms with E-state index in [-0.39, 0.29) is 12.5 Å². The summed E-state index contributed by atoms with van der Waals surface area (Å²) in [5, 5.41) is 10.7. The molecule has 9 nitrogen and oxygen atoms in total. The van der Waals surface area contributed by atoms with Gasteiger partial charge in [0, 0.05) is 17.3 Å². The molecule has 128 valence electrons. The molecule has 9 heteroatoms. The third-order valence-corrected chi connectivity index (χ3v) is 3.56. The summed E-state index contributed by atoms with van der Waals surface area (Å²) in [7, 11) is 0. The number of rotatable bonds is 5. The lowest BCUT2D eigenvalue weighted by Crippen LogP contribution is -2.23. The summed E-state index contributed by atoms with van der Waals surface area (Å²) in [6.07, 6.45) is 4.44. The molecule has 0 aliphatic carbocycles. The molecular weight excluding hydrogens is 334 g/mol. The fourth-order valence-corrected chi connectivity index (χ4v) is 2.30. The van der Waals surface area contributed by atoms with E-state index in [0.717, 1.165) is 5.56 Å². The summed E-state index contributed by atoms with van der Waals surface area (Å²) in [5.41, 5.74) is 1.29. The number of hydrogen-bond donors (Lipinski definition) is 1. The van der Waals surface area contributed by atoms with E-state index in [9.17, 15) is 4.79 Å². The van der Waals surface area contributed by atoms with Crippen LogP contribution in [0.4, 0.5) is 0 Å². The second-order valence-corrected chi connectivity index (χ2v) is 5.30. The van der Waals surface area contributed by atoms with E-state index in [1.165, 1.54) is 23.5 Å². The van der Waals surface area contributed by atoms with Gasteiger partial charge in [0.15, 0.2) is 5.82 Å². The van der Waals surface area contributed by atoms with E-state index in [1.54, 1.807) is 12.1 Å². The first-order valence-electron chi connectivity index (χ1n) is 7.77. The van der Waals surface area contributed by atoms with Gasteiger partial charge in [-0.05, 0) is 12.1 Å². The molecule has 0 saturated heterocycles. The minimum atomic E-state index is -0.284. The van der Waals surface area contributed by atoms with Crippen LogP contribution in [0.5, 0.6) is 0 Å². The molecule has 4 rings (SSSR count). The smallest absolute Gasteiger partial charge is 0.251 e. The normalized spacial score (nSPS) is 10.6. The molecule has 0 unspecified atom stereocenters. The molecular formula is C17H13N7O2. The maximum Gasteiger partial charge on any atom is 0.251 e. The van der Waals surface area contributed by atoms with Gasteiger partial charge in [-0.15, -0.1) is 0 Å². The maximum absolute atomic E-state index is 12.3. The number of nitrogens with zero attached hydrogens (tertiary/aromatic N) is 6. The minimum absolute atomic E-state index is 0.125. The van der Waals surface area contributed by atoms with Crippen molar-refractivity contribution in [2.24, 2.45) is 0 Å². The second kappa shape index (κ2) is 6.93. The van der Waals surface area contributed by atoms with Crippen molar-refractivity contribution in [3.8, 4) is 17.2 Å². The number of aromatic nitrogens is 6. The molecule has 0 fully saturated rings. The summed E-state index contributed by atoms with van der Waals surface area (Å²) < 4.78 is 6.65. The van der Waals surface area contributed by atoms with Crippen LogP contribution >= 0.6 is 0 Å². The molecule has 3 heterocycles. The van der Waals surface area contributed by atoms with Crippen LogP contribution in [0.15, 0.2) is 65.8 Å². The molecule has 0 spiro atoms. The highest BCUT2D eigenvalue weighted by atomic mass is 16.5. The number of benzene rings is 1. The van der Waals surface area contributed by atoms with Gasteiger partial charge < -0.3 is 9.84 Å².